The molecule has 0 radical (unpaired) electrons. The van der Waals surface area contributed by atoms with Crippen molar-refractivity contribution in [1.82, 2.24) is 0 Å². The summed E-state index contributed by atoms with van der Waals surface area (Å²) in [5, 5.41) is 9.21. The van der Waals surface area contributed by atoms with Crippen LogP contribution in [0.1, 0.15) is 83.5 Å². The molecule has 1 aliphatic carbocycles. The van der Waals surface area contributed by atoms with E-state index >= 15 is 0 Å². The quantitative estimate of drug-likeness (QED) is 0.288. The topological polar surface area (TPSA) is 63.6 Å². The summed E-state index contributed by atoms with van der Waals surface area (Å²) in [6.07, 6.45) is 15.7. The van der Waals surface area contributed by atoms with Crippen molar-refractivity contribution >= 4 is 11.9 Å². The lowest BCUT2D eigenvalue weighted by Crippen LogP contribution is -2.33. The van der Waals surface area contributed by atoms with Gasteiger partial charge in [-0.15, -0.1) is 6.58 Å². The Morgan fingerprint density at radius 1 is 0.917 bits per heavy atom. The minimum Gasteiger partial charge on any atom is -0.481 e. The first-order valence-electron chi connectivity index (χ1n) is 9.67. The summed E-state index contributed by atoms with van der Waals surface area (Å²) in [5.74, 6) is -2.15. The highest BCUT2D eigenvalue weighted by molar-refractivity contribution is 5.81. The van der Waals surface area contributed by atoms with Crippen LogP contribution in [0.15, 0.2) is 12.7 Å². The fraction of sp³-hybridized carbons (Fsp3) is 0.800. The molecule has 0 aromatic heterocycles. The zero-order valence-electron chi connectivity index (χ0n) is 15.0. The van der Waals surface area contributed by atoms with Gasteiger partial charge in [-0.3, -0.25) is 9.59 Å². The van der Waals surface area contributed by atoms with Gasteiger partial charge in [-0.1, -0.05) is 57.4 Å². The number of hydrogen-bond donors (Lipinski definition) is 1. The maximum atomic E-state index is 12.1. The van der Waals surface area contributed by atoms with Crippen molar-refractivity contribution in [2.75, 3.05) is 6.61 Å². The maximum absolute atomic E-state index is 12.1. The molecule has 0 bridgehead atoms. The molecule has 0 saturated heterocycles. The number of unbranched alkanes of at least 4 members (excludes halogenated alkanes) is 8. The highest BCUT2D eigenvalue weighted by atomic mass is 16.5. The number of allylic oxidation sites excluding steroid dienone is 1. The average Bonchev–Trinajstić information content (AvgIpc) is 2.59. The second-order valence-corrected chi connectivity index (χ2v) is 6.91. The molecule has 2 unspecified atom stereocenters. The van der Waals surface area contributed by atoms with Crippen LogP contribution >= 0.6 is 0 Å². The summed E-state index contributed by atoms with van der Waals surface area (Å²) >= 11 is 0. The number of carbonyl (C=O) groups excluding carboxylic acids is 1. The largest absolute Gasteiger partial charge is 0.481 e. The third-order valence-electron chi connectivity index (χ3n) is 4.93. The molecule has 1 fully saturated rings. The number of hydrogen-bond acceptors (Lipinski definition) is 3. The van der Waals surface area contributed by atoms with E-state index in [1.807, 2.05) is 6.08 Å². The van der Waals surface area contributed by atoms with Crippen molar-refractivity contribution in [2.45, 2.75) is 83.5 Å². The van der Waals surface area contributed by atoms with E-state index in [1.54, 1.807) is 0 Å². The van der Waals surface area contributed by atoms with Crippen molar-refractivity contribution in [3.8, 4) is 0 Å². The van der Waals surface area contributed by atoms with Crippen LogP contribution in [0.25, 0.3) is 0 Å². The van der Waals surface area contributed by atoms with Gasteiger partial charge in [0, 0.05) is 0 Å². The molecule has 0 heterocycles. The number of aliphatic carboxylic acids is 1. The number of ether oxygens (including phenoxy) is 1. The standard InChI is InChI=1S/C20H34O4/c1-2-3-4-5-6-7-8-9-10-13-16-24-20(23)18-15-12-11-14-17(18)19(21)22/h2,17-18H,1,3-16H2,(H,21,22). The van der Waals surface area contributed by atoms with Gasteiger partial charge in [0.05, 0.1) is 18.4 Å². The Morgan fingerprint density at radius 3 is 2.04 bits per heavy atom. The van der Waals surface area contributed by atoms with Gasteiger partial charge in [-0.2, -0.15) is 0 Å². The van der Waals surface area contributed by atoms with E-state index in [4.69, 9.17) is 4.74 Å². The molecule has 2 atom stereocenters. The first kappa shape index (κ1) is 20.7. The summed E-state index contributed by atoms with van der Waals surface area (Å²) < 4.78 is 5.32. The molecule has 24 heavy (non-hydrogen) atoms. The summed E-state index contributed by atoms with van der Waals surface area (Å²) in [4.78, 5) is 23.3. The van der Waals surface area contributed by atoms with Gasteiger partial charge in [-0.05, 0) is 32.1 Å². The highest BCUT2D eigenvalue weighted by Crippen LogP contribution is 2.31. The van der Waals surface area contributed by atoms with E-state index in [-0.39, 0.29) is 5.97 Å². The Labute approximate surface area is 146 Å². The molecule has 0 aromatic rings. The van der Waals surface area contributed by atoms with Crippen molar-refractivity contribution in [1.29, 1.82) is 0 Å². The summed E-state index contributed by atoms with van der Waals surface area (Å²) in [6, 6.07) is 0. The minimum absolute atomic E-state index is 0.302. The predicted octanol–water partition coefficient (Wildman–Crippen LogP) is 5.12. The van der Waals surface area contributed by atoms with Gasteiger partial charge in [0.2, 0.25) is 0 Å². The fourth-order valence-electron chi connectivity index (χ4n) is 3.44. The van der Waals surface area contributed by atoms with Crippen LogP contribution in [0, 0.1) is 11.8 Å². The molecule has 4 nitrogen and oxygen atoms in total. The van der Waals surface area contributed by atoms with E-state index in [0.29, 0.717) is 19.4 Å². The van der Waals surface area contributed by atoms with Crippen molar-refractivity contribution in [3.63, 3.8) is 0 Å². The molecular weight excluding hydrogens is 304 g/mol. The maximum Gasteiger partial charge on any atom is 0.309 e. The number of carboxylic acids is 1. The zero-order chi connectivity index (χ0) is 17.6. The van der Waals surface area contributed by atoms with Gasteiger partial charge in [-0.25, -0.2) is 0 Å². The van der Waals surface area contributed by atoms with Crippen molar-refractivity contribution < 1.29 is 19.4 Å². The summed E-state index contributed by atoms with van der Waals surface area (Å²) in [7, 11) is 0. The lowest BCUT2D eigenvalue weighted by Gasteiger charge is -2.26. The fourth-order valence-corrected chi connectivity index (χ4v) is 3.44. The minimum atomic E-state index is -0.857. The van der Waals surface area contributed by atoms with E-state index in [2.05, 4.69) is 6.58 Å². The first-order valence-corrected chi connectivity index (χ1v) is 9.67. The van der Waals surface area contributed by atoms with Crippen molar-refractivity contribution in [2.24, 2.45) is 11.8 Å². The number of rotatable bonds is 13. The zero-order valence-corrected chi connectivity index (χ0v) is 15.0. The van der Waals surface area contributed by atoms with Crippen LogP contribution in [0.2, 0.25) is 0 Å². The highest BCUT2D eigenvalue weighted by Gasteiger charge is 2.36. The Hall–Kier alpha value is -1.32. The van der Waals surface area contributed by atoms with Crippen LogP contribution in [0.3, 0.4) is 0 Å². The Morgan fingerprint density at radius 2 is 1.46 bits per heavy atom. The normalized spacial score (nSPS) is 20.5. The van der Waals surface area contributed by atoms with Crippen LogP contribution in [0.5, 0.6) is 0 Å². The van der Waals surface area contributed by atoms with Gasteiger partial charge < -0.3 is 9.84 Å². The number of esters is 1. The predicted molar refractivity (Wildman–Crippen MR) is 95.8 cm³/mol. The molecule has 1 aliphatic rings. The second-order valence-electron chi connectivity index (χ2n) is 6.91. The van der Waals surface area contributed by atoms with Gasteiger partial charge in [0.15, 0.2) is 0 Å². The number of carbonyl (C=O) groups is 2. The van der Waals surface area contributed by atoms with E-state index < -0.39 is 17.8 Å². The number of carboxylic acid groups (broad SMARTS) is 1. The monoisotopic (exact) mass is 338 g/mol. The van der Waals surface area contributed by atoms with E-state index in [0.717, 1.165) is 32.1 Å². The molecule has 0 spiro atoms. The molecule has 0 aromatic carbocycles. The molecule has 4 heteroatoms. The van der Waals surface area contributed by atoms with Gasteiger partial charge >= 0.3 is 11.9 Å². The average molecular weight is 338 g/mol. The van der Waals surface area contributed by atoms with Gasteiger partial charge in [0.1, 0.15) is 0 Å². The second kappa shape index (κ2) is 13.0. The molecule has 0 amide bonds. The van der Waals surface area contributed by atoms with Crippen LogP contribution in [-0.4, -0.2) is 23.7 Å². The van der Waals surface area contributed by atoms with Gasteiger partial charge in [0.25, 0.3) is 0 Å². The Balaban J connectivity index is 2.01. The lowest BCUT2D eigenvalue weighted by atomic mass is 9.79. The smallest absolute Gasteiger partial charge is 0.309 e. The van der Waals surface area contributed by atoms with Crippen LogP contribution in [0.4, 0.5) is 0 Å². The van der Waals surface area contributed by atoms with Crippen molar-refractivity contribution in [3.05, 3.63) is 12.7 Å². The van der Waals surface area contributed by atoms with E-state index in [9.17, 15) is 14.7 Å². The van der Waals surface area contributed by atoms with Crippen LogP contribution in [-0.2, 0) is 14.3 Å². The first-order chi connectivity index (χ1) is 11.7. The molecule has 1 rings (SSSR count). The molecule has 138 valence electrons. The molecule has 0 aliphatic heterocycles. The lowest BCUT2D eigenvalue weighted by molar-refractivity contribution is -0.159. The Kier molecular flexibility index (Phi) is 11.2. The Bertz CT molecular complexity index is 378. The SMILES string of the molecule is C=CCCCCCCCCCCOC(=O)C1CCCCC1C(=O)O. The molecule has 1 N–H and O–H groups in total. The summed E-state index contributed by atoms with van der Waals surface area (Å²) in [6.45, 7) is 4.16. The van der Waals surface area contributed by atoms with Crippen LogP contribution < -0.4 is 0 Å². The molecular formula is C20H34O4. The third-order valence-corrected chi connectivity index (χ3v) is 4.93. The summed E-state index contributed by atoms with van der Waals surface area (Å²) in [5.41, 5.74) is 0. The third kappa shape index (κ3) is 8.51. The van der Waals surface area contributed by atoms with E-state index in [1.165, 1.54) is 38.5 Å². The molecule has 1 saturated carbocycles.